The largest absolute Gasteiger partial charge is 0.352 e. The Labute approximate surface area is 147 Å². The SMILES string of the molecule is CCc1c(C(=O)NCCc2cccnc2)cnn1Cc1ccccc1. The maximum absolute atomic E-state index is 12.5. The van der Waals surface area contributed by atoms with E-state index in [0.29, 0.717) is 18.7 Å². The van der Waals surface area contributed by atoms with Crippen molar-refractivity contribution in [3.63, 3.8) is 0 Å². The fourth-order valence-corrected chi connectivity index (χ4v) is 2.83. The van der Waals surface area contributed by atoms with Gasteiger partial charge in [0.25, 0.3) is 5.91 Å². The first-order valence-corrected chi connectivity index (χ1v) is 8.53. The molecule has 0 spiro atoms. The smallest absolute Gasteiger partial charge is 0.254 e. The first-order valence-electron chi connectivity index (χ1n) is 8.53. The molecule has 5 heteroatoms. The van der Waals surface area contributed by atoms with Gasteiger partial charge in [0.1, 0.15) is 0 Å². The number of benzene rings is 1. The summed E-state index contributed by atoms with van der Waals surface area (Å²) in [6, 6.07) is 14.1. The molecule has 128 valence electrons. The number of aromatic nitrogens is 3. The maximum Gasteiger partial charge on any atom is 0.254 e. The second kappa shape index (κ2) is 8.24. The van der Waals surface area contributed by atoms with Crippen LogP contribution in [0, 0.1) is 0 Å². The van der Waals surface area contributed by atoms with Crippen LogP contribution in [0.1, 0.15) is 34.1 Å². The zero-order valence-corrected chi connectivity index (χ0v) is 14.4. The van der Waals surface area contributed by atoms with Crippen molar-refractivity contribution in [1.82, 2.24) is 20.1 Å². The Kier molecular flexibility index (Phi) is 5.57. The lowest BCUT2D eigenvalue weighted by molar-refractivity contribution is 0.0953. The molecule has 0 unspecified atom stereocenters. The number of rotatable bonds is 7. The van der Waals surface area contributed by atoms with Crippen molar-refractivity contribution in [3.05, 3.63) is 83.4 Å². The van der Waals surface area contributed by atoms with Crippen LogP contribution in [0.2, 0.25) is 0 Å². The van der Waals surface area contributed by atoms with E-state index < -0.39 is 0 Å². The number of hydrogen-bond donors (Lipinski definition) is 1. The van der Waals surface area contributed by atoms with Gasteiger partial charge in [0.05, 0.1) is 24.0 Å². The van der Waals surface area contributed by atoms with Crippen LogP contribution in [-0.4, -0.2) is 27.2 Å². The molecule has 3 aromatic rings. The van der Waals surface area contributed by atoms with E-state index in [1.54, 1.807) is 12.4 Å². The number of nitrogens with zero attached hydrogens (tertiary/aromatic N) is 3. The minimum absolute atomic E-state index is 0.0694. The van der Waals surface area contributed by atoms with Gasteiger partial charge in [-0.3, -0.25) is 14.5 Å². The molecule has 0 radical (unpaired) electrons. The van der Waals surface area contributed by atoms with Crippen LogP contribution < -0.4 is 5.32 Å². The van der Waals surface area contributed by atoms with E-state index >= 15 is 0 Å². The van der Waals surface area contributed by atoms with Crippen molar-refractivity contribution in [2.75, 3.05) is 6.54 Å². The van der Waals surface area contributed by atoms with Crippen molar-refractivity contribution in [2.45, 2.75) is 26.3 Å². The van der Waals surface area contributed by atoms with Gasteiger partial charge >= 0.3 is 0 Å². The third kappa shape index (κ3) is 4.32. The predicted octanol–water partition coefficient (Wildman–Crippen LogP) is 2.86. The van der Waals surface area contributed by atoms with E-state index in [9.17, 15) is 4.79 Å². The number of pyridine rings is 1. The zero-order chi connectivity index (χ0) is 17.5. The van der Waals surface area contributed by atoms with Crippen molar-refractivity contribution in [2.24, 2.45) is 0 Å². The van der Waals surface area contributed by atoms with Crippen LogP contribution in [0.25, 0.3) is 0 Å². The maximum atomic E-state index is 12.5. The van der Waals surface area contributed by atoms with Crippen LogP contribution in [-0.2, 0) is 19.4 Å². The molecule has 5 nitrogen and oxygen atoms in total. The highest BCUT2D eigenvalue weighted by atomic mass is 16.1. The second-order valence-electron chi connectivity index (χ2n) is 5.87. The molecule has 2 heterocycles. The average molecular weight is 334 g/mol. The second-order valence-corrected chi connectivity index (χ2v) is 5.87. The zero-order valence-electron chi connectivity index (χ0n) is 14.4. The van der Waals surface area contributed by atoms with E-state index in [4.69, 9.17) is 0 Å². The molecule has 1 amide bonds. The lowest BCUT2D eigenvalue weighted by Crippen LogP contribution is -2.26. The van der Waals surface area contributed by atoms with Crippen LogP contribution in [0.15, 0.2) is 61.1 Å². The highest BCUT2D eigenvalue weighted by Gasteiger charge is 2.16. The molecule has 0 bridgehead atoms. The lowest BCUT2D eigenvalue weighted by Gasteiger charge is -2.09. The topological polar surface area (TPSA) is 59.8 Å². The first-order chi connectivity index (χ1) is 12.3. The van der Waals surface area contributed by atoms with E-state index in [0.717, 1.165) is 24.1 Å². The summed E-state index contributed by atoms with van der Waals surface area (Å²) in [6.07, 6.45) is 6.76. The molecular weight excluding hydrogens is 312 g/mol. The highest BCUT2D eigenvalue weighted by Crippen LogP contribution is 2.12. The molecule has 1 aromatic carbocycles. The number of hydrogen-bond acceptors (Lipinski definition) is 3. The molecule has 0 aliphatic rings. The van der Waals surface area contributed by atoms with Crippen molar-refractivity contribution in [1.29, 1.82) is 0 Å². The number of carbonyl (C=O) groups excluding carboxylic acids is 1. The van der Waals surface area contributed by atoms with Gasteiger partial charge in [0.2, 0.25) is 0 Å². The molecule has 3 rings (SSSR count). The quantitative estimate of drug-likeness (QED) is 0.723. The normalized spacial score (nSPS) is 10.6. The molecule has 25 heavy (non-hydrogen) atoms. The Morgan fingerprint density at radius 1 is 1.08 bits per heavy atom. The molecule has 0 saturated heterocycles. The summed E-state index contributed by atoms with van der Waals surface area (Å²) in [4.78, 5) is 16.6. The van der Waals surface area contributed by atoms with Gasteiger partial charge in [0, 0.05) is 18.9 Å². The van der Waals surface area contributed by atoms with Crippen LogP contribution in [0.5, 0.6) is 0 Å². The molecule has 0 aliphatic heterocycles. The molecule has 0 fully saturated rings. The fourth-order valence-electron chi connectivity index (χ4n) is 2.83. The summed E-state index contributed by atoms with van der Waals surface area (Å²) in [5.74, 6) is -0.0694. The summed E-state index contributed by atoms with van der Waals surface area (Å²) >= 11 is 0. The van der Waals surface area contributed by atoms with Gasteiger partial charge in [-0.2, -0.15) is 5.10 Å². The Balaban J connectivity index is 1.64. The van der Waals surface area contributed by atoms with Gasteiger partial charge in [-0.15, -0.1) is 0 Å². The number of amides is 1. The third-order valence-corrected chi connectivity index (χ3v) is 4.13. The number of nitrogens with one attached hydrogen (secondary N) is 1. The first kappa shape index (κ1) is 16.9. The molecule has 2 aromatic heterocycles. The Bertz CT molecular complexity index is 812. The Morgan fingerprint density at radius 3 is 2.60 bits per heavy atom. The van der Waals surface area contributed by atoms with Crippen molar-refractivity contribution >= 4 is 5.91 Å². The minimum atomic E-state index is -0.0694. The minimum Gasteiger partial charge on any atom is -0.352 e. The fraction of sp³-hybridized carbons (Fsp3) is 0.250. The van der Waals surface area contributed by atoms with Gasteiger partial charge in [-0.25, -0.2) is 0 Å². The van der Waals surface area contributed by atoms with Crippen molar-refractivity contribution in [3.8, 4) is 0 Å². The molecule has 0 aliphatic carbocycles. The monoisotopic (exact) mass is 334 g/mol. The summed E-state index contributed by atoms with van der Waals surface area (Å²) < 4.78 is 1.91. The van der Waals surface area contributed by atoms with E-state index in [1.807, 2.05) is 48.1 Å². The Hall–Kier alpha value is -2.95. The molecular formula is C20H22N4O. The standard InChI is InChI=1S/C20H22N4O/c1-2-19-18(14-23-24(19)15-17-7-4-3-5-8-17)20(25)22-12-10-16-9-6-11-21-13-16/h3-9,11,13-14H,2,10,12,15H2,1H3,(H,22,25). The molecule has 0 saturated carbocycles. The van der Waals surface area contributed by atoms with E-state index in [2.05, 4.69) is 27.5 Å². The van der Waals surface area contributed by atoms with Crippen molar-refractivity contribution < 1.29 is 4.79 Å². The van der Waals surface area contributed by atoms with E-state index in [1.165, 1.54) is 5.56 Å². The summed E-state index contributed by atoms with van der Waals surface area (Å²) in [6.45, 7) is 3.30. The lowest BCUT2D eigenvalue weighted by atomic mass is 10.1. The van der Waals surface area contributed by atoms with Gasteiger partial charge in [-0.1, -0.05) is 43.3 Å². The summed E-state index contributed by atoms with van der Waals surface area (Å²) in [7, 11) is 0. The average Bonchev–Trinajstić information content (AvgIpc) is 3.06. The van der Waals surface area contributed by atoms with Crippen LogP contribution in [0.3, 0.4) is 0 Å². The Morgan fingerprint density at radius 2 is 1.88 bits per heavy atom. The number of carbonyl (C=O) groups is 1. The summed E-state index contributed by atoms with van der Waals surface area (Å²) in [5, 5.41) is 7.39. The van der Waals surface area contributed by atoms with Gasteiger partial charge in [-0.05, 0) is 30.0 Å². The van der Waals surface area contributed by atoms with Crippen LogP contribution in [0.4, 0.5) is 0 Å². The summed E-state index contributed by atoms with van der Waals surface area (Å²) in [5.41, 5.74) is 3.90. The molecule has 1 N–H and O–H groups in total. The highest BCUT2D eigenvalue weighted by molar-refractivity contribution is 5.95. The molecule has 0 atom stereocenters. The van der Waals surface area contributed by atoms with Gasteiger partial charge < -0.3 is 5.32 Å². The third-order valence-electron chi connectivity index (χ3n) is 4.13. The van der Waals surface area contributed by atoms with Crippen LogP contribution >= 0.6 is 0 Å². The van der Waals surface area contributed by atoms with E-state index in [-0.39, 0.29) is 5.91 Å². The van der Waals surface area contributed by atoms with Gasteiger partial charge in [0.15, 0.2) is 0 Å². The predicted molar refractivity (Wildman–Crippen MR) is 97.4 cm³/mol.